The van der Waals surface area contributed by atoms with Gasteiger partial charge < -0.3 is 10.4 Å². The minimum Gasteiger partial charge on any atom is -0.391 e. The smallest absolute Gasteiger partial charge is 0.157 e. The molecule has 2 aromatic carbocycles. The molecule has 0 saturated carbocycles. The lowest BCUT2D eigenvalue weighted by atomic mass is 10.2. The number of hydrogen-bond acceptors (Lipinski definition) is 6. The summed E-state index contributed by atoms with van der Waals surface area (Å²) in [6, 6.07) is 20.0. The molecule has 2 aromatic rings. The first kappa shape index (κ1) is 19.9. The van der Waals surface area contributed by atoms with E-state index in [4.69, 9.17) is 0 Å². The number of rotatable bonds is 9. The van der Waals surface area contributed by atoms with E-state index in [-0.39, 0.29) is 12.3 Å². The Morgan fingerprint density at radius 3 is 2.26 bits per heavy atom. The van der Waals surface area contributed by atoms with Crippen molar-refractivity contribution in [1.29, 1.82) is 0 Å². The molecule has 144 valence electrons. The molecule has 3 rings (SSSR count). The predicted molar refractivity (Wildman–Crippen MR) is 111 cm³/mol. The maximum atomic E-state index is 11.5. The van der Waals surface area contributed by atoms with Gasteiger partial charge >= 0.3 is 0 Å². The van der Waals surface area contributed by atoms with Gasteiger partial charge in [0.25, 0.3) is 0 Å². The summed E-state index contributed by atoms with van der Waals surface area (Å²) in [4.78, 5) is 17.1. The number of carbonyl (C=O) groups is 1. The van der Waals surface area contributed by atoms with Crippen molar-refractivity contribution >= 4 is 23.7 Å². The fourth-order valence-electron chi connectivity index (χ4n) is 3.20. The SMILES string of the molecule is O=CC(Nc1ccccc1)N1CCN(CC(O)CSc2ccccc2)CC1. The summed E-state index contributed by atoms with van der Waals surface area (Å²) in [5, 5.41) is 13.6. The number of aldehydes is 1. The van der Waals surface area contributed by atoms with E-state index >= 15 is 0 Å². The molecule has 1 heterocycles. The van der Waals surface area contributed by atoms with Gasteiger partial charge in [0.1, 0.15) is 6.17 Å². The topological polar surface area (TPSA) is 55.8 Å². The highest BCUT2D eigenvalue weighted by molar-refractivity contribution is 7.99. The van der Waals surface area contributed by atoms with Gasteiger partial charge in [-0.05, 0) is 24.3 Å². The Kier molecular flexibility index (Phi) is 7.71. The van der Waals surface area contributed by atoms with E-state index in [0.717, 1.165) is 38.2 Å². The van der Waals surface area contributed by atoms with E-state index in [1.165, 1.54) is 4.90 Å². The first-order valence-corrected chi connectivity index (χ1v) is 10.3. The van der Waals surface area contributed by atoms with E-state index in [1.54, 1.807) is 11.8 Å². The molecular weight excluding hydrogens is 358 g/mol. The standard InChI is InChI=1S/C21H27N3O2S/c25-16-21(22-18-7-3-1-4-8-18)24-13-11-23(12-14-24)15-19(26)17-27-20-9-5-2-6-10-20/h1-10,16,19,21-22,26H,11-15,17H2. The van der Waals surface area contributed by atoms with Crippen molar-refractivity contribution in [2.75, 3.05) is 43.8 Å². The van der Waals surface area contributed by atoms with Crippen LogP contribution in [0.1, 0.15) is 0 Å². The summed E-state index contributed by atoms with van der Waals surface area (Å²) in [6.07, 6.45) is 0.299. The summed E-state index contributed by atoms with van der Waals surface area (Å²) in [5.41, 5.74) is 0.949. The molecule has 0 radical (unpaired) electrons. The largest absolute Gasteiger partial charge is 0.391 e. The third-order valence-corrected chi connectivity index (χ3v) is 5.83. The lowest BCUT2D eigenvalue weighted by molar-refractivity contribution is -0.112. The van der Waals surface area contributed by atoms with Crippen molar-refractivity contribution < 1.29 is 9.90 Å². The Morgan fingerprint density at radius 1 is 1.00 bits per heavy atom. The molecular formula is C21H27N3O2S. The second-order valence-electron chi connectivity index (χ2n) is 6.71. The molecule has 0 spiro atoms. The Morgan fingerprint density at radius 2 is 1.63 bits per heavy atom. The first-order chi connectivity index (χ1) is 13.2. The molecule has 2 N–H and O–H groups in total. The van der Waals surface area contributed by atoms with Crippen molar-refractivity contribution in [2.45, 2.75) is 17.2 Å². The number of benzene rings is 2. The van der Waals surface area contributed by atoms with E-state index in [2.05, 4.69) is 27.2 Å². The number of aliphatic hydroxyl groups is 1. The second-order valence-corrected chi connectivity index (χ2v) is 7.80. The van der Waals surface area contributed by atoms with E-state index < -0.39 is 0 Å². The van der Waals surface area contributed by atoms with Crippen LogP contribution in [0.2, 0.25) is 0 Å². The maximum absolute atomic E-state index is 11.5. The number of hydrogen-bond donors (Lipinski definition) is 2. The summed E-state index contributed by atoms with van der Waals surface area (Å²) >= 11 is 1.68. The van der Waals surface area contributed by atoms with E-state index in [9.17, 15) is 9.90 Å². The minimum atomic E-state index is -0.355. The van der Waals surface area contributed by atoms with Crippen LogP contribution in [0.15, 0.2) is 65.6 Å². The van der Waals surface area contributed by atoms with Crippen molar-refractivity contribution in [3.05, 3.63) is 60.7 Å². The quantitative estimate of drug-likeness (QED) is 0.511. The average Bonchev–Trinajstić information content (AvgIpc) is 2.73. The molecule has 0 aromatic heterocycles. The van der Waals surface area contributed by atoms with Gasteiger partial charge in [0, 0.05) is 49.1 Å². The Labute approximate surface area is 165 Å². The number of aliphatic hydroxyl groups excluding tert-OH is 1. The summed E-state index contributed by atoms with van der Waals surface area (Å²) < 4.78 is 0. The normalized spacial score (nSPS) is 18.0. The molecule has 1 aliphatic heterocycles. The Bertz CT molecular complexity index is 678. The van der Waals surface area contributed by atoms with Gasteiger partial charge in [-0.15, -0.1) is 11.8 Å². The van der Waals surface area contributed by atoms with Gasteiger partial charge in [-0.2, -0.15) is 0 Å². The fourth-order valence-corrected chi connectivity index (χ4v) is 4.04. The molecule has 0 amide bonds. The highest BCUT2D eigenvalue weighted by Crippen LogP contribution is 2.18. The van der Waals surface area contributed by atoms with Gasteiger partial charge in [-0.25, -0.2) is 0 Å². The number of β-amino-alcohol motifs (C(OH)–C–C–N with tert-alkyl or cyclic N) is 1. The number of piperazine rings is 1. The van der Waals surface area contributed by atoms with Gasteiger partial charge in [0.05, 0.1) is 6.10 Å². The monoisotopic (exact) mass is 385 g/mol. The van der Waals surface area contributed by atoms with Crippen LogP contribution >= 0.6 is 11.8 Å². The molecule has 1 saturated heterocycles. The minimum absolute atomic E-state index is 0.312. The lowest BCUT2D eigenvalue weighted by Gasteiger charge is -2.38. The summed E-state index contributed by atoms with van der Waals surface area (Å²) in [5.74, 6) is 0.691. The summed E-state index contributed by atoms with van der Waals surface area (Å²) in [7, 11) is 0. The third kappa shape index (κ3) is 6.36. The maximum Gasteiger partial charge on any atom is 0.157 e. The predicted octanol–water partition coefficient (Wildman–Crippen LogP) is 2.39. The molecule has 1 fully saturated rings. The van der Waals surface area contributed by atoms with Crippen LogP contribution in [-0.4, -0.2) is 71.9 Å². The number of para-hydroxylation sites is 1. The highest BCUT2D eigenvalue weighted by atomic mass is 32.2. The van der Waals surface area contributed by atoms with Crippen LogP contribution in [-0.2, 0) is 4.79 Å². The van der Waals surface area contributed by atoms with Crippen molar-refractivity contribution in [2.24, 2.45) is 0 Å². The zero-order chi connectivity index (χ0) is 18.9. The van der Waals surface area contributed by atoms with E-state index in [1.807, 2.05) is 48.5 Å². The van der Waals surface area contributed by atoms with Gasteiger partial charge in [0.15, 0.2) is 6.29 Å². The lowest BCUT2D eigenvalue weighted by Crippen LogP contribution is -2.54. The molecule has 0 bridgehead atoms. The average molecular weight is 386 g/mol. The molecule has 0 aliphatic carbocycles. The molecule has 1 aliphatic rings. The Balaban J connectivity index is 1.40. The van der Waals surface area contributed by atoms with Crippen LogP contribution in [0.4, 0.5) is 5.69 Å². The molecule has 6 heteroatoms. The Hall–Kier alpha value is -1.86. The van der Waals surface area contributed by atoms with Crippen molar-refractivity contribution in [1.82, 2.24) is 9.80 Å². The van der Waals surface area contributed by atoms with Crippen molar-refractivity contribution in [3.63, 3.8) is 0 Å². The van der Waals surface area contributed by atoms with Crippen LogP contribution in [0.25, 0.3) is 0 Å². The zero-order valence-electron chi connectivity index (χ0n) is 15.4. The second kappa shape index (κ2) is 10.5. The van der Waals surface area contributed by atoms with Crippen LogP contribution in [0.5, 0.6) is 0 Å². The molecule has 27 heavy (non-hydrogen) atoms. The number of nitrogens with zero attached hydrogens (tertiary/aromatic N) is 2. The fraction of sp³-hybridized carbons (Fsp3) is 0.381. The number of thioether (sulfide) groups is 1. The van der Waals surface area contributed by atoms with Crippen molar-refractivity contribution in [3.8, 4) is 0 Å². The number of carbonyl (C=O) groups excluding carboxylic acids is 1. The molecule has 2 unspecified atom stereocenters. The van der Waals surface area contributed by atoms with E-state index in [0.29, 0.717) is 12.3 Å². The van der Waals surface area contributed by atoms with Crippen LogP contribution in [0.3, 0.4) is 0 Å². The highest BCUT2D eigenvalue weighted by Gasteiger charge is 2.24. The molecule has 2 atom stereocenters. The van der Waals surface area contributed by atoms with Gasteiger partial charge in [0.2, 0.25) is 0 Å². The summed E-state index contributed by atoms with van der Waals surface area (Å²) in [6.45, 7) is 4.00. The van der Waals surface area contributed by atoms with Crippen LogP contribution < -0.4 is 5.32 Å². The number of anilines is 1. The first-order valence-electron chi connectivity index (χ1n) is 9.34. The molecule has 5 nitrogen and oxygen atoms in total. The third-order valence-electron chi connectivity index (χ3n) is 4.67. The number of nitrogens with one attached hydrogen (secondary N) is 1. The zero-order valence-corrected chi connectivity index (χ0v) is 16.2. The van der Waals surface area contributed by atoms with Gasteiger partial charge in [-0.1, -0.05) is 36.4 Å². The van der Waals surface area contributed by atoms with Crippen LogP contribution in [0, 0.1) is 0 Å². The van der Waals surface area contributed by atoms with Gasteiger partial charge in [-0.3, -0.25) is 14.6 Å².